The smallest absolute Gasteiger partial charge is 0.341 e. The van der Waals surface area contributed by atoms with Crippen molar-refractivity contribution in [1.29, 1.82) is 0 Å². The van der Waals surface area contributed by atoms with Crippen LogP contribution in [0.15, 0.2) is 52.5 Å². The standard InChI is InChI=1S/C18H11BrO5/c19-14-8-10(5-6-15(14)24-9-16(20)21)7-13-17(22)11-3-1-2-4-12(11)18(13)23/h1-8H,9H2,(H,20,21). The molecular formula is C18H11BrO5. The number of carboxylic acid groups (broad SMARTS) is 1. The van der Waals surface area contributed by atoms with Gasteiger partial charge in [0.25, 0.3) is 0 Å². The number of aliphatic carboxylic acids is 1. The lowest BCUT2D eigenvalue weighted by molar-refractivity contribution is -0.139. The molecule has 0 bridgehead atoms. The number of ketones is 2. The highest BCUT2D eigenvalue weighted by Crippen LogP contribution is 2.30. The van der Waals surface area contributed by atoms with Gasteiger partial charge in [0.1, 0.15) is 5.75 Å². The Morgan fingerprint density at radius 3 is 2.25 bits per heavy atom. The van der Waals surface area contributed by atoms with Crippen molar-refractivity contribution in [3.8, 4) is 5.75 Å². The predicted octanol–water partition coefficient (Wildman–Crippen LogP) is 3.38. The zero-order valence-electron chi connectivity index (χ0n) is 12.3. The molecule has 2 aromatic carbocycles. The maximum Gasteiger partial charge on any atom is 0.341 e. The number of fused-ring (bicyclic) bond motifs is 1. The van der Waals surface area contributed by atoms with Crippen molar-refractivity contribution >= 4 is 39.5 Å². The first-order valence-electron chi connectivity index (χ1n) is 7.01. The summed E-state index contributed by atoms with van der Waals surface area (Å²) >= 11 is 3.29. The zero-order valence-corrected chi connectivity index (χ0v) is 13.9. The molecule has 0 amide bonds. The Hall–Kier alpha value is -2.73. The minimum atomic E-state index is -1.08. The van der Waals surface area contributed by atoms with Crippen molar-refractivity contribution in [2.75, 3.05) is 6.61 Å². The summed E-state index contributed by atoms with van der Waals surface area (Å²) in [5.41, 5.74) is 1.57. The van der Waals surface area contributed by atoms with Crippen molar-refractivity contribution in [2.24, 2.45) is 0 Å². The molecule has 3 rings (SSSR count). The van der Waals surface area contributed by atoms with Crippen LogP contribution < -0.4 is 4.74 Å². The maximum absolute atomic E-state index is 12.4. The Balaban J connectivity index is 1.90. The first kappa shape index (κ1) is 16.1. The third-order valence-electron chi connectivity index (χ3n) is 3.52. The van der Waals surface area contributed by atoms with Gasteiger partial charge in [0.15, 0.2) is 18.2 Å². The highest BCUT2D eigenvalue weighted by Gasteiger charge is 2.32. The average molecular weight is 387 g/mol. The molecule has 0 fully saturated rings. The molecule has 0 unspecified atom stereocenters. The monoisotopic (exact) mass is 386 g/mol. The van der Waals surface area contributed by atoms with Crippen LogP contribution in [0, 0.1) is 0 Å². The number of Topliss-reactive ketones (excluding diaryl/α,β-unsaturated/α-hetero) is 2. The molecule has 0 saturated carbocycles. The minimum Gasteiger partial charge on any atom is -0.481 e. The second-order valence-electron chi connectivity index (χ2n) is 5.13. The number of hydrogen-bond acceptors (Lipinski definition) is 4. The molecule has 0 atom stereocenters. The van der Waals surface area contributed by atoms with Gasteiger partial charge in [0.05, 0.1) is 10.0 Å². The van der Waals surface area contributed by atoms with Crippen LogP contribution in [0.2, 0.25) is 0 Å². The molecule has 6 heteroatoms. The lowest BCUT2D eigenvalue weighted by Gasteiger charge is -2.06. The fourth-order valence-electron chi connectivity index (χ4n) is 2.43. The van der Waals surface area contributed by atoms with Gasteiger partial charge in [-0.2, -0.15) is 0 Å². The van der Waals surface area contributed by atoms with Crippen molar-refractivity contribution in [1.82, 2.24) is 0 Å². The van der Waals surface area contributed by atoms with Crippen LogP contribution in [0.4, 0.5) is 0 Å². The third-order valence-corrected chi connectivity index (χ3v) is 4.14. The summed E-state index contributed by atoms with van der Waals surface area (Å²) in [5.74, 6) is -1.30. The number of carbonyl (C=O) groups excluding carboxylic acids is 2. The number of benzene rings is 2. The third kappa shape index (κ3) is 3.00. The summed E-state index contributed by atoms with van der Waals surface area (Å²) in [7, 11) is 0. The van der Waals surface area contributed by atoms with Crippen LogP contribution in [-0.4, -0.2) is 29.2 Å². The second-order valence-corrected chi connectivity index (χ2v) is 5.99. The molecule has 0 saturated heterocycles. The summed E-state index contributed by atoms with van der Waals surface area (Å²) in [6, 6.07) is 11.6. The molecule has 5 nitrogen and oxygen atoms in total. The lowest BCUT2D eigenvalue weighted by atomic mass is 10.1. The highest BCUT2D eigenvalue weighted by atomic mass is 79.9. The SMILES string of the molecule is O=C(O)COc1ccc(C=C2C(=O)c3ccccc3C2=O)cc1Br. The maximum atomic E-state index is 12.4. The van der Waals surface area contributed by atoms with E-state index in [2.05, 4.69) is 15.9 Å². The van der Waals surface area contributed by atoms with E-state index in [4.69, 9.17) is 9.84 Å². The molecule has 120 valence electrons. The molecule has 0 radical (unpaired) electrons. The normalized spacial score (nSPS) is 13.0. The molecule has 0 spiro atoms. The number of halogens is 1. The van der Waals surface area contributed by atoms with E-state index >= 15 is 0 Å². The summed E-state index contributed by atoms with van der Waals surface area (Å²) in [5, 5.41) is 8.63. The van der Waals surface area contributed by atoms with Crippen LogP contribution in [0.5, 0.6) is 5.75 Å². The Bertz CT molecular complexity index is 861. The Kier molecular flexibility index (Phi) is 4.31. The summed E-state index contributed by atoms with van der Waals surface area (Å²) in [6.07, 6.45) is 1.52. The van der Waals surface area contributed by atoms with E-state index in [-0.39, 0.29) is 17.1 Å². The van der Waals surface area contributed by atoms with Crippen molar-refractivity contribution < 1.29 is 24.2 Å². The first-order chi connectivity index (χ1) is 11.5. The number of carbonyl (C=O) groups is 3. The molecule has 24 heavy (non-hydrogen) atoms. The molecule has 1 aliphatic carbocycles. The average Bonchev–Trinajstić information content (AvgIpc) is 2.79. The molecular weight excluding hydrogens is 376 g/mol. The van der Waals surface area contributed by atoms with E-state index in [1.165, 1.54) is 6.08 Å². The van der Waals surface area contributed by atoms with Gasteiger partial charge >= 0.3 is 5.97 Å². The van der Waals surface area contributed by atoms with Gasteiger partial charge < -0.3 is 9.84 Å². The van der Waals surface area contributed by atoms with E-state index in [9.17, 15) is 14.4 Å². The van der Waals surface area contributed by atoms with E-state index in [0.29, 0.717) is 26.9 Å². The quantitative estimate of drug-likeness (QED) is 0.643. The van der Waals surface area contributed by atoms with Crippen LogP contribution in [0.25, 0.3) is 6.08 Å². The Morgan fingerprint density at radius 1 is 1.08 bits per heavy atom. The van der Waals surface area contributed by atoms with Gasteiger partial charge in [-0.25, -0.2) is 4.79 Å². The van der Waals surface area contributed by atoms with Crippen molar-refractivity contribution in [2.45, 2.75) is 0 Å². The largest absolute Gasteiger partial charge is 0.481 e. The van der Waals surface area contributed by atoms with Gasteiger partial charge in [0.2, 0.25) is 0 Å². The summed E-state index contributed by atoms with van der Waals surface area (Å²) in [4.78, 5) is 35.2. The van der Waals surface area contributed by atoms with Gasteiger partial charge in [-0.05, 0) is 39.7 Å². The van der Waals surface area contributed by atoms with Crippen LogP contribution in [0.1, 0.15) is 26.3 Å². The Labute approximate surface area is 145 Å². The van der Waals surface area contributed by atoms with Gasteiger partial charge in [-0.15, -0.1) is 0 Å². The molecule has 1 aliphatic rings. The first-order valence-corrected chi connectivity index (χ1v) is 7.81. The fraction of sp³-hybridized carbons (Fsp3) is 0.0556. The van der Waals surface area contributed by atoms with Crippen molar-refractivity contribution in [3.63, 3.8) is 0 Å². The van der Waals surface area contributed by atoms with E-state index in [1.54, 1.807) is 42.5 Å². The summed E-state index contributed by atoms with van der Waals surface area (Å²) < 4.78 is 5.65. The second kappa shape index (κ2) is 6.41. The highest BCUT2D eigenvalue weighted by molar-refractivity contribution is 9.10. The van der Waals surface area contributed by atoms with Crippen molar-refractivity contribution in [3.05, 3.63) is 69.2 Å². The molecule has 0 aromatic heterocycles. The van der Waals surface area contributed by atoms with E-state index in [0.717, 1.165) is 0 Å². The van der Waals surface area contributed by atoms with Gasteiger partial charge in [0, 0.05) is 11.1 Å². The minimum absolute atomic E-state index is 0.113. The fourth-order valence-corrected chi connectivity index (χ4v) is 2.94. The molecule has 0 heterocycles. The topological polar surface area (TPSA) is 80.7 Å². The van der Waals surface area contributed by atoms with Gasteiger partial charge in [-0.3, -0.25) is 9.59 Å². The summed E-state index contributed by atoms with van der Waals surface area (Å²) in [6.45, 7) is -0.453. The van der Waals surface area contributed by atoms with Crippen LogP contribution >= 0.6 is 15.9 Å². The van der Waals surface area contributed by atoms with Crippen LogP contribution in [0.3, 0.4) is 0 Å². The number of allylic oxidation sites excluding steroid dienone is 1. The number of carboxylic acids is 1. The Morgan fingerprint density at radius 2 is 1.71 bits per heavy atom. The van der Waals surface area contributed by atoms with Crippen LogP contribution in [-0.2, 0) is 4.79 Å². The zero-order chi connectivity index (χ0) is 17.3. The molecule has 1 N–H and O–H groups in total. The lowest BCUT2D eigenvalue weighted by Crippen LogP contribution is -2.09. The molecule has 2 aromatic rings. The van der Waals surface area contributed by atoms with E-state index in [1.807, 2.05) is 0 Å². The predicted molar refractivity (Wildman–Crippen MR) is 90.4 cm³/mol. The van der Waals surface area contributed by atoms with E-state index < -0.39 is 12.6 Å². The number of ether oxygens (including phenoxy) is 1. The molecule has 0 aliphatic heterocycles. The number of hydrogen-bond donors (Lipinski definition) is 1. The van der Waals surface area contributed by atoms with Gasteiger partial charge in [-0.1, -0.05) is 30.3 Å². The number of rotatable bonds is 4.